The highest BCUT2D eigenvalue weighted by Crippen LogP contribution is 2.26. The average Bonchev–Trinajstić information content (AvgIpc) is 2.37. The van der Waals surface area contributed by atoms with E-state index in [-0.39, 0.29) is 5.84 Å². The first-order valence-electron chi connectivity index (χ1n) is 5.75. The zero-order valence-corrected chi connectivity index (χ0v) is 12.1. The van der Waals surface area contributed by atoms with E-state index in [1.165, 1.54) is 0 Å². The van der Waals surface area contributed by atoms with Crippen molar-refractivity contribution in [1.29, 1.82) is 5.41 Å². The van der Waals surface area contributed by atoms with E-state index in [0.29, 0.717) is 0 Å². The Morgan fingerprint density at radius 1 is 1.32 bits per heavy atom. The van der Waals surface area contributed by atoms with Crippen LogP contribution in [-0.4, -0.2) is 10.8 Å². The number of thioether (sulfide) groups is 1. The number of nitrogens with zero attached hydrogens (tertiary/aromatic N) is 1. The first-order chi connectivity index (χ1) is 9.08. The van der Waals surface area contributed by atoms with E-state index < -0.39 is 0 Å². The van der Waals surface area contributed by atoms with Gasteiger partial charge in [0.25, 0.3) is 0 Å². The van der Waals surface area contributed by atoms with Crippen molar-refractivity contribution < 1.29 is 0 Å². The molecule has 0 aliphatic rings. The number of rotatable bonds is 4. The van der Waals surface area contributed by atoms with E-state index >= 15 is 0 Å². The Morgan fingerprint density at radius 3 is 2.63 bits per heavy atom. The molecule has 1 aromatic heterocycles. The third-order valence-electron chi connectivity index (χ3n) is 2.68. The lowest BCUT2D eigenvalue weighted by Crippen LogP contribution is -2.14. The largest absolute Gasteiger partial charge is 0.384 e. The molecule has 0 amide bonds. The molecule has 3 N–H and O–H groups in total. The van der Waals surface area contributed by atoms with Crippen LogP contribution in [-0.2, 0) is 5.75 Å². The second kappa shape index (κ2) is 6.08. The number of aryl methyl sites for hydroxylation is 1. The fourth-order valence-corrected chi connectivity index (χ4v) is 2.88. The molecule has 0 unspecified atom stereocenters. The normalized spacial score (nSPS) is 10.4. The maximum Gasteiger partial charge on any atom is 0.125 e. The van der Waals surface area contributed by atoms with Crippen LogP contribution >= 0.6 is 23.4 Å². The molecule has 0 saturated carbocycles. The van der Waals surface area contributed by atoms with Crippen LogP contribution in [0.3, 0.4) is 0 Å². The number of nitrogen functional groups attached to an aromatic ring is 1. The summed E-state index contributed by atoms with van der Waals surface area (Å²) in [6, 6.07) is 9.57. The van der Waals surface area contributed by atoms with Crippen molar-refractivity contribution in [3.8, 4) is 0 Å². The molecule has 98 valence electrons. The fourth-order valence-electron chi connectivity index (χ4n) is 1.70. The SMILES string of the molecule is Cc1ccnc(SCc2ccc(Cl)cc2)c1C(=N)N. The van der Waals surface area contributed by atoms with E-state index in [4.69, 9.17) is 22.7 Å². The van der Waals surface area contributed by atoms with Gasteiger partial charge in [0.1, 0.15) is 10.9 Å². The van der Waals surface area contributed by atoms with Crippen molar-refractivity contribution in [2.24, 2.45) is 5.73 Å². The Hall–Kier alpha value is -1.52. The molecule has 0 fully saturated rings. The fraction of sp³-hybridized carbons (Fsp3) is 0.143. The zero-order valence-electron chi connectivity index (χ0n) is 10.5. The van der Waals surface area contributed by atoms with Crippen LogP contribution < -0.4 is 5.73 Å². The maximum absolute atomic E-state index is 7.64. The molecule has 0 saturated heterocycles. The van der Waals surface area contributed by atoms with E-state index in [9.17, 15) is 0 Å². The van der Waals surface area contributed by atoms with Crippen LogP contribution in [0.15, 0.2) is 41.6 Å². The van der Waals surface area contributed by atoms with Crippen LogP contribution in [0.4, 0.5) is 0 Å². The smallest absolute Gasteiger partial charge is 0.125 e. The van der Waals surface area contributed by atoms with Crippen molar-refractivity contribution in [2.45, 2.75) is 17.7 Å². The van der Waals surface area contributed by atoms with Gasteiger partial charge in [0, 0.05) is 17.0 Å². The van der Waals surface area contributed by atoms with Crippen molar-refractivity contribution in [3.05, 3.63) is 58.2 Å². The molecule has 0 aliphatic carbocycles. The quantitative estimate of drug-likeness (QED) is 0.514. The van der Waals surface area contributed by atoms with Gasteiger partial charge in [-0.2, -0.15) is 0 Å². The van der Waals surface area contributed by atoms with Gasteiger partial charge in [-0.15, -0.1) is 11.8 Å². The summed E-state index contributed by atoms with van der Waals surface area (Å²) in [6.45, 7) is 1.94. The van der Waals surface area contributed by atoms with Gasteiger partial charge in [0.05, 0.1) is 5.56 Å². The molecule has 3 nitrogen and oxygen atoms in total. The van der Waals surface area contributed by atoms with Gasteiger partial charge >= 0.3 is 0 Å². The Balaban J connectivity index is 2.18. The summed E-state index contributed by atoms with van der Waals surface area (Å²) in [5, 5.41) is 9.16. The lowest BCUT2D eigenvalue weighted by atomic mass is 10.1. The third-order valence-corrected chi connectivity index (χ3v) is 4.00. The minimum atomic E-state index is 0.0595. The van der Waals surface area contributed by atoms with E-state index in [1.807, 2.05) is 37.3 Å². The standard InChI is InChI=1S/C14H14ClN3S/c1-9-6-7-18-14(12(9)13(16)17)19-8-10-2-4-11(15)5-3-10/h2-7H,8H2,1H3,(H3,16,17). The van der Waals surface area contributed by atoms with Gasteiger partial charge in [0.15, 0.2) is 0 Å². The first-order valence-corrected chi connectivity index (χ1v) is 7.11. The number of benzene rings is 1. The van der Waals surface area contributed by atoms with Crippen LogP contribution in [0, 0.1) is 12.3 Å². The van der Waals surface area contributed by atoms with Gasteiger partial charge in [-0.05, 0) is 36.2 Å². The molecule has 2 aromatic rings. The molecule has 0 bridgehead atoms. The van der Waals surface area contributed by atoms with Crippen molar-refractivity contribution >= 4 is 29.2 Å². The van der Waals surface area contributed by atoms with E-state index in [2.05, 4.69) is 4.98 Å². The molecule has 1 heterocycles. The second-order valence-corrected chi connectivity index (χ2v) is 5.54. The van der Waals surface area contributed by atoms with Crippen LogP contribution in [0.1, 0.15) is 16.7 Å². The lowest BCUT2D eigenvalue weighted by molar-refractivity contribution is 1.09. The Morgan fingerprint density at radius 2 is 2.00 bits per heavy atom. The summed E-state index contributed by atoms with van der Waals surface area (Å²) in [5.74, 6) is 0.831. The predicted octanol–water partition coefficient (Wildman–Crippen LogP) is 3.62. The van der Waals surface area contributed by atoms with E-state index in [0.717, 1.165) is 32.5 Å². The van der Waals surface area contributed by atoms with Crippen molar-refractivity contribution in [2.75, 3.05) is 0 Å². The summed E-state index contributed by atoms with van der Waals surface area (Å²) in [6.07, 6.45) is 1.74. The van der Waals surface area contributed by atoms with Crippen molar-refractivity contribution in [1.82, 2.24) is 4.98 Å². The Bertz CT molecular complexity index is 596. The number of hydrogen-bond donors (Lipinski definition) is 2. The molecule has 0 spiro atoms. The molecule has 0 aliphatic heterocycles. The third kappa shape index (κ3) is 3.49. The maximum atomic E-state index is 7.64. The molecule has 0 radical (unpaired) electrons. The molecular formula is C14H14ClN3S. The summed E-state index contributed by atoms with van der Waals surface area (Å²) >= 11 is 7.43. The molecule has 1 aromatic carbocycles. The highest BCUT2D eigenvalue weighted by Gasteiger charge is 2.10. The summed E-state index contributed by atoms with van der Waals surface area (Å²) in [7, 11) is 0. The minimum absolute atomic E-state index is 0.0595. The monoisotopic (exact) mass is 291 g/mol. The zero-order chi connectivity index (χ0) is 13.8. The highest BCUT2D eigenvalue weighted by atomic mass is 35.5. The number of amidine groups is 1. The first kappa shape index (κ1) is 13.9. The number of aromatic nitrogens is 1. The number of nitrogens with two attached hydrogens (primary N) is 1. The topological polar surface area (TPSA) is 62.8 Å². The van der Waals surface area contributed by atoms with Gasteiger partial charge < -0.3 is 5.73 Å². The van der Waals surface area contributed by atoms with Gasteiger partial charge in [-0.1, -0.05) is 23.7 Å². The predicted molar refractivity (Wildman–Crippen MR) is 81.0 cm³/mol. The Labute approximate surface area is 121 Å². The summed E-state index contributed by atoms with van der Waals surface area (Å²) in [5.41, 5.74) is 8.47. The Kier molecular flexibility index (Phi) is 4.45. The van der Waals surface area contributed by atoms with Crippen LogP contribution in [0.5, 0.6) is 0 Å². The number of halogens is 1. The van der Waals surface area contributed by atoms with Crippen molar-refractivity contribution in [3.63, 3.8) is 0 Å². The second-order valence-electron chi connectivity index (χ2n) is 4.14. The lowest BCUT2D eigenvalue weighted by Gasteiger charge is -2.09. The summed E-state index contributed by atoms with van der Waals surface area (Å²) < 4.78 is 0. The molecule has 5 heteroatoms. The highest BCUT2D eigenvalue weighted by molar-refractivity contribution is 7.98. The molecular weight excluding hydrogens is 278 g/mol. The molecule has 19 heavy (non-hydrogen) atoms. The number of pyridine rings is 1. The average molecular weight is 292 g/mol. The molecule has 2 rings (SSSR count). The van der Waals surface area contributed by atoms with Crippen LogP contribution in [0.25, 0.3) is 0 Å². The minimum Gasteiger partial charge on any atom is -0.384 e. The van der Waals surface area contributed by atoms with Gasteiger partial charge in [0.2, 0.25) is 0 Å². The number of nitrogens with one attached hydrogen (secondary N) is 1. The van der Waals surface area contributed by atoms with E-state index in [1.54, 1.807) is 18.0 Å². The molecule has 0 atom stereocenters. The summed E-state index contributed by atoms with van der Waals surface area (Å²) in [4.78, 5) is 4.31. The van der Waals surface area contributed by atoms with Gasteiger partial charge in [-0.3, -0.25) is 5.41 Å². The number of hydrogen-bond acceptors (Lipinski definition) is 3. The van der Waals surface area contributed by atoms with Crippen LogP contribution in [0.2, 0.25) is 5.02 Å². The van der Waals surface area contributed by atoms with Gasteiger partial charge in [-0.25, -0.2) is 4.98 Å².